The minimum absolute atomic E-state index is 0. The van der Waals surface area contributed by atoms with Gasteiger partial charge in [0.05, 0.1) is 5.92 Å². The van der Waals surface area contributed by atoms with Crippen LogP contribution in [0.25, 0.3) is 0 Å². The summed E-state index contributed by atoms with van der Waals surface area (Å²) in [5.74, 6) is 0.199. The number of aryl methyl sites for hydroxylation is 1. The Hall–Kier alpha value is -1.06. The van der Waals surface area contributed by atoms with E-state index in [-0.39, 0.29) is 24.2 Å². The molecule has 0 aliphatic carbocycles. The van der Waals surface area contributed by atoms with Gasteiger partial charge in [-0.25, -0.2) is 0 Å². The van der Waals surface area contributed by atoms with E-state index >= 15 is 0 Å². The summed E-state index contributed by atoms with van der Waals surface area (Å²) in [5, 5.41) is 3.32. The van der Waals surface area contributed by atoms with E-state index in [1.165, 1.54) is 5.56 Å². The molecule has 1 unspecified atom stereocenters. The molecule has 1 aliphatic heterocycles. The second-order valence-corrected chi connectivity index (χ2v) is 5.40. The van der Waals surface area contributed by atoms with E-state index in [4.69, 9.17) is 0 Å². The maximum Gasteiger partial charge on any atom is 0.230 e. The van der Waals surface area contributed by atoms with Crippen LogP contribution in [0.3, 0.4) is 0 Å². The topological polar surface area (TPSA) is 32.3 Å². The molecule has 1 aliphatic rings. The largest absolute Gasteiger partial charge is 0.337 e. The number of piperazine rings is 1. The summed E-state index contributed by atoms with van der Waals surface area (Å²) >= 11 is 0. The van der Waals surface area contributed by atoms with Crippen molar-refractivity contribution in [2.75, 3.05) is 19.6 Å². The van der Waals surface area contributed by atoms with Crippen molar-refractivity contribution in [1.29, 1.82) is 0 Å². The molecule has 0 saturated carbocycles. The lowest BCUT2D eigenvalue weighted by Crippen LogP contribution is -2.53. The highest BCUT2D eigenvalue weighted by molar-refractivity contribution is 5.85. The molecule has 20 heavy (non-hydrogen) atoms. The molecule has 1 N–H and O–H groups in total. The quantitative estimate of drug-likeness (QED) is 0.930. The Labute approximate surface area is 128 Å². The first kappa shape index (κ1) is 17.0. The number of hydrogen-bond donors (Lipinski definition) is 1. The fourth-order valence-electron chi connectivity index (χ4n) is 2.60. The molecule has 0 spiro atoms. The van der Waals surface area contributed by atoms with E-state index in [1.54, 1.807) is 0 Å². The van der Waals surface area contributed by atoms with Gasteiger partial charge in [-0.05, 0) is 31.4 Å². The molecule has 0 bridgehead atoms. The van der Waals surface area contributed by atoms with Gasteiger partial charge in [0.2, 0.25) is 5.91 Å². The fraction of sp³-hybridized carbons (Fsp3) is 0.562. The Morgan fingerprint density at radius 3 is 2.60 bits per heavy atom. The molecule has 1 aromatic rings. The number of carbonyl (C=O) groups is 1. The molecule has 2 rings (SSSR count). The molecule has 3 nitrogen and oxygen atoms in total. The molecule has 2 atom stereocenters. The number of carbonyl (C=O) groups excluding carboxylic acids is 1. The van der Waals surface area contributed by atoms with Crippen molar-refractivity contribution < 1.29 is 4.79 Å². The predicted octanol–water partition coefficient (Wildman–Crippen LogP) is 2.59. The number of rotatable bonds is 3. The van der Waals surface area contributed by atoms with Crippen molar-refractivity contribution >= 4 is 18.3 Å². The van der Waals surface area contributed by atoms with E-state index in [2.05, 4.69) is 43.4 Å². The first-order valence-corrected chi connectivity index (χ1v) is 7.23. The van der Waals surface area contributed by atoms with Crippen LogP contribution in [0.1, 0.15) is 37.8 Å². The van der Waals surface area contributed by atoms with Crippen LogP contribution in [0.2, 0.25) is 0 Å². The van der Waals surface area contributed by atoms with Crippen LogP contribution in [0.5, 0.6) is 0 Å². The van der Waals surface area contributed by atoms with Crippen LogP contribution in [0.15, 0.2) is 24.3 Å². The first-order valence-electron chi connectivity index (χ1n) is 7.23. The number of nitrogens with one attached hydrogen (secondary N) is 1. The van der Waals surface area contributed by atoms with Crippen LogP contribution < -0.4 is 5.32 Å². The van der Waals surface area contributed by atoms with Crippen LogP contribution in [-0.4, -0.2) is 36.5 Å². The predicted molar refractivity (Wildman–Crippen MR) is 85.5 cm³/mol. The maximum absolute atomic E-state index is 12.6. The summed E-state index contributed by atoms with van der Waals surface area (Å²) in [6, 6.07) is 8.72. The van der Waals surface area contributed by atoms with Gasteiger partial charge < -0.3 is 10.2 Å². The Balaban J connectivity index is 0.00000200. The third-order valence-electron chi connectivity index (χ3n) is 4.04. The summed E-state index contributed by atoms with van der Waals surface area (Å²) < 4.78 is 0. The lowest BCUT2D eigenvalue weighted by molar-refractivity contribution is -0.135. The average molecular weight is 297 g/mol. The lowest BCUT2D eigenvalue weighted by Gasteiger charge is -2.35. The summed E-state index contributed by atoms with van der Waals surface area (Å²) in [5.41, 5.74) is 2.44. The molecule has 1 saturated heterocycles. The molecule has 1 fully saturated rings. The lowest BCUT2D eigenvalue weighted by atomic mass is 9.97. The minimum Gasteiger partial charge on any atom is -0.337 e. The van der Waals surface area contributed by atoms with E-state index in [0.717, 1.165) is 31.6 Å². The SMILES string of the molecule is CCc1ccc(C(C)C(=O)N2CCNC[C@H]2C)cc1.Cl. The van der Waals surface area contributed by atoms with Crippen molar-refractivity contribution in [1.82, 2.24) is 10.2 Å². The summed E-state index contributed by atoms with van der Waals surface area (Å²) in [7, 11) is 0. The van der Waals surface area contributed by atoms with Crippen LogP contribution >= 0.6 is 12.4 Å². The van der Waals surface area contributed by atoms with Crippen molar-refractivity contribution in [2.24, 2.45) is 0 Å². The Morgan fingerprint density at radius 2 is 2.05 bits per heavy atom. The number of benzene rings is 1. The summed E-state index contributed by atoms with van der Waals surface area (Å²) in [6.07, 6.45) is 1.04. The second kappa shape index (κ2) is 7.65. The smallest absolute Gasteiger partial charge is 0.230 e. The van der Waals surface area contributed by atoms with E-state index in [9.17, 15) is 4.79 Å². The van der Waals surface area contributed by atoms with Crippen molar-refractivity contribution in [2.45, 2.75) is 39.2 Å². The third kappa shape index (κ3) is 3.74. The second-order valence-electron chi connectivity index (χ2n) is 5.40. The van der Waals surface area contributed by atoms with Gasteiger partial charge in [-0.1, -0.05) is 31.2 Å². The Morgan fingerprint density at radius 1 is 1.40 bits per heavy atom. The van der Waals surface area contributed by atoms with Gasteiger partial charge >= 0.3 is 0 Å². The summed E-state index contributed by atoms with van der Waals surface area (Å²) in [6.45, 7) is 8.88. The van der Waals surface area contributed by atoms with Crippen molar-refractivity contribution in [3.8, 4) is 0 Å². The number of hydrogen-bond acceptors (Lipinski definition) is 2. The molecule has 112 valence electrons. The average Bonchev–Trinajstić information content (AvgIpc) is 2.46. The molecule has 4 heteroatoms. The van der Waals surface area contributed by atoms with Gasteiger partial charge in [-0.3, -0.25) is 4.79 Å². The minimum atomic E-state index is -0.0496. The molecule has 0 aromatic heterocycles. The Kier molecular flexibility index (Phi) is 6.50. The fourth-order valence-corrected chi connectivity index (χ4v) is 2.60. The Bertz CT molecular complexity index is 433. The summed E-state index contributed by atoms with van der Waals surface area (Å²) in [4.78, 5) is 14.6. The zero-order chi connectivity index (χ0) is 13.8. The van der Waals surface area contributed by atoms with Crippen LogP contribution in [-0.2, 0) is 11.2 Å². The third-order valence-corrected chi connectivity index (χ3v) is 4.04. The molecule has 1 aromatic carbocycles. The number of halogens is 1. The van der Waals surface area contributed by atoms with E-state index in [1.807, 2.05) is 11.8 Å². The normalized spacial score (nSPS) is 20.1. The van der Waals surface area contributed by atoms with Gasteiger partial charge in [-0.15, -0.1) is 12.4 Å². The molecule has 0 radical (unpaired) electrons. The molecular weight excluding hydrogens is 272 g/mol. The number of nitrogens with zero attached hydrogens (tertiary/aromatic N) is 1. The zero-order valence-corrected chi connectivity index (χ0v) is 13.4. The number of amides is 1. The highest BCUT2D eigenvalue weighted by Gasteiger charge is 2.27. The highest BCUT2D eigenvalue weighted by Crippen LogP contribution is 2.20. The van der Waals surface area contributed by atoms with Gasteiger partial charge in [0.1, 0.15) is 0 Å². The van der Waals surface area contributed by atoms with Gasteiger partial charge in [-0.2, -0.15) is 0 Å². The first-order chi connectivity index (χ1) is 9.13. The van der Waals surface area contributed by atoms with Crippen molar-refractivity contribution in [3.63, 3.8) is 0 Å². The van der Waals surface area contributed by atoms with Gasteiger partial charge in [0.15, 0.2) is 0 Å². The van der Waals surface area contributed by atoms with Crippen molar-refractivity contribution in [3.05, 3.63) is 35.4 Å². The molecule has 1 amide bonds. The van der Waals surface area contributed by atoms with E-state index in [0.29, 0.717) is 6.04 Å². The maximum atomic E-state index is 12.6. The monoisotopic (exact) mass is 296 g/mol. The van der Waals surface area contributed by atoms with Gasteiger partial charge in [0.25, 0.3) is 0 Å². The standard InChI is InChI=1S/C16H24N2O.ClH/c1-4-14-5-7-15(8-6-14)13(3)16(19)18-10-9-17-11-12(18)2;/h5-8,12-13,17H,4,9-11H2,1-3H3;1H/t12-,13?;/m1./s1. The molecular formula is C16H25ClN2O. The van der Waals surface area contributed by atoms with E-state index < -0.39 is 0 Å². The van der Waals surface area contributed by atoms with Gasteiger partial charge in [0, 0.05) is 25.7 Å². The van der Waals surface area contributed by atoms with Crippen LogP contribution in [0, 0.1) is 0 Å². The van der Waals surface area contributed by atoms with Crippen LogP contribution in [0.4, 0.5) is 0 Å². The highest BCUT2D eigenvalue weighted by atomic mass is 35.5. The zero-order valence-electron chi connectivity index (χ0n) is 12.6. The molecule has 1 heterocycles.